The molecule has 0 fully saturated rings. The van der Waals surface area contributed by atoms with Gasteiger partial charge in [-0.2, -0.15) is 0 Å². The van der Waals surface area contributed by atoms with Gasteiger partial charge in [0.2, 0.25) is 5.78 Å². The predicted octanol–water partition coefficient (Wildman–Crippen LogP) is 3.12. The lowest BCUT2D eigenvalue weighted by Crippen LogP contribution is -2.29. The molecule has 1 N–H and O–H groups in total. The van der Waals surface area contributed by atoms with Gasteiger partial charge >= 0.3 is 5.69 Å². The van der Waals surface area contributed by atoms with Gasteiger partial charge in [-0.25, -0.2) is 9.20 Å². The first-order chi connectivity index (χ1) is 16.1. The summed E-state index contributed by atoms with van der Waals surface area (Å²) in [7, 11) is 1.63. The molecule has 0 aliphatic heterocycles. The molecule has 3 aromatic heterocycles. The van der Waals surface area contributed by atoms with Crippen LogP contribution in [0.2, 0.25) is 0 Å². The van der Waals surface area contributed by atoms with Crippen LogP contribution in [0.3, 0.4) is 0 Å². The number of nitrogens with one attached hydrogen (secondary N) is 1. The zero-order valence-electron chi connectivity index (χ0n) is 18.5. The summed E-state index contributed by atoms with van der Waals surface area (Å²) < 4.78 is 10.9. The Kier molecular flexibility index (Phi) is 5.29. The molecule has 0 radical (unpaired) electrons. The molecule has 0 amide bonds. The van der Waals surface area contributed by atoms with Gasteiger partial charge in [0.15, 0.2) is 17.0 Å². The number of unbranched alkanes of at least 4 members (excludes halogenated alkanes) is 1. The summed E-state index contributed by atoms with van der Waals surface area (Å²) in [5.41, 5.74) is 1.87. The Morgan fingerprint density at radius 3 is 2.48 bits per heavy atom. The summed E-state index contributed by atoms with van der Waals surface area (Å²) in [6.07, 6.45) is 1.83. The van der Waals surface area contributed by atoms with Crippen molar-refractivity contribution in [3.63, 3.8) is 0 Å². The number of ether oxygens (including phenoxy) is 1. The molecule has 9 nitrogen and oxygen atoms in total. The van der Waals surface area contributed by atoms with E-state index >= 15 is 0 Å². The Labute approximate surface area is 188 Å². The van der Waals surface area contributed by atoms with E-state index in [-0.39, 0.29) is 0 Å². The normalized spacial score (nSPS) is 11.5. The van der Waals surface area contributed by atoms with Crippen molar-refractivity contribution < 1.29 is 4.74 Å². The van der Waals surface area contributed by atoms with Crippen LogP contribution < -0.4 is 16.0 Å². The first-order valence-corrected chi connectivity index (χ1v) is 10.9. The predicted molar refractivity (Wildman–Crippen MR) is 125 cm³/mol. The van der Waals surface area contributed by atoms with Gasteiger partial charge in [0.05, 0.1) is 0 Å². The largest absolute Gasteiger partial charge is 0.489 e. The van der Waals surface area contributed by atoms with Crippen molar-refractivity contribution in [1.29, 1.82) is 0 Å². The highest BCUT2D eigenvalue weighted by molar-refractivity contribution is 5.79. The topological polar surface area (TPSA) is 99.2 Å². The number of aromatic nitrogens is 6. The second-order valence-corrected chi connectivity index (χ2v) is 7.95. The van der Waals surface area contributed by atoms with Gasteiger partial charge in [0.25, 0.3) is 5.56 Å². The first kappa shape index (κ1) is 20.7. The van der Waals surface area contributed by atoms with E-state index in [1.807, 2.05) is 59.2 Å². The van der Waals surface area contributed by atoms with Crippen LogP contribution in [0.5, 0.6) is 5.75 Å². The molecule has 0 aliphatic carbocycles. The van der Waals surface area contributed by atoms with Crippen molar-refractivity contribution in [1.82, 2.24) is 28.7 Å². The number of hydrogen-bond acceptors (Lipinski definition) is 5. The van der Waals surface area contributed by atoms with E-state index in [1.165, 1.54) is 4.57 Å². The number of aromatic amines is 1. The molecule has 33 heavy (non-hydrogen) atoms. The van der Waals surface area contributed by atoms with Gasteiger partial charge in [0.1, 0.15) is 12.4 Å². The molecule has 9 heteroatoms. The maximum atomic E-state index is 12.7. The number of fused-ring (bicyclic) bond motifs is 3. The number of aryl methyl sites for hydroxylation is 2. The Morgan fingerprint density at radius 2 is 1.76 bits per heavy atom. The number of H-pyrrole nitrogens is 1. The van der Waals surface area contributed by atoms with E-state index in [1.54, 1.807) is 11.4 Å². The Bertz CT molecular complexity index is 1540. The lowest BCUT2D eigenvalue weighted by Gasteiger charge is -2.07. The molecule has 5 rings (SSSR count). The van der Waals surface area contributed by atoms with Gasteiger partial charge in [-0.15, -0.1) is 10.2 Å². The van der Waals surface area contributed by atoms with Crippen LogP contribution in [-0.2, 0) is 20.2 Å². The summed E-state index contributed by atoms with van der Waals surface area (Å²) in [5.74, 6) is 1.82. The third-order valence-electron chi connectivity index (χ3n) is 5.73. The average molecular weight is 444 g/mol. The van der Waals surface area contributed by atoms with Crippen molar-refractivity contribution in [2.75, 3.05) is 0 Å². The van der Waals surface area contributed by atoms with E-state index < -0.39 is 11.2 Å². The maximum Gasteiger partial charge on any atom is 0.329 e. The monoisotopic (exact) mass is 444 g/mol. The van der Waals surface area contributed by atoms with Crippen LogP contribution in [0.25, 0.3) is 28.3 Å². The highest BCUT2D eigenvalue weighted by Gasteiger charge is 2.22. The van der Waals surface area contributed by atoms with Crippen molar-refractivity contribution in [2.24, 2.45) is 7.05 Å². The van der Waals surface area contributed by atoms with E-state index in [0.29, 0.717) is 35.9 Å². The van der Waals surface area contributed by atoms with Crippen molar-refractivity contribution >= 4 is 16.9 Å². The van der Waals surface area contributed by atoms with Crippen molar-refractivity contribution in [3.05, 3.63) is 81.0 Å². The Balaban J connectivity index is 1.58. The number of benzene rings is 2. The maximum absolute atomic E-state index is 12.7. The summed E-state index contributed by atoms with van der Waals surface area (Å²) in [4.78, 5) is 27.5. The number of nitrogens with zero attached hydrogens (tertiary/aromatic N) is 5. The fourth-order valence-corrected chi connectivity index (χ4v) is 4.00. The quantitative estimate of drug-likeness (QED) is 0.416. The number of imidazole rings is 1. The molecule has 0 saturated carbocycles. The molecule has 0 saturated heterocycles. The van der Waals surface area contributed by atoms with Gasteiger partial charge < -0.3 is 9.30 Å². The minimum Gasteiger partial charge on any atom is -0.489 e. The molecule has 2 aromatic carbocycles. The Hall–Kier alpha value is -4.14. The molecular formula is C24H24N6O3. The standard InChI is InChI=1S/C24H24N6O3/c1-3-4-14-29-19-21(31)25-24(32)28(2)22(19)30-20(26-27-23(29)30)17-10-12-18(13-11-17)33-15-16-8-6-5-7-9-16/h5-13H,3-4,14-15H2,1-2H3,(H,25,31,32). The zero-order valence-corrected chi connectivity index (χ0v) is 18.5. The fraction of sp³-hybridized carbons (Fsp3) is 0.250. The van der Waals surface area contributed by atoms with E-state index in [4.69, 9.17) is 4.74 Å². The van der Waals surface area contributed by atoms with Crippen LogP contribution >= 0.6 is 0 Å². The molecule has 0 atom stereocenters. The molecule has 0 bridgehead atoms. The summed E-state index contributed by atoms with van der Waals surface area (Å²) >= 11 is 0. The van der Waals surface area contributed by atoms with Crippen LogP contribution in [0, 0.1) is 0 Å². The lowest BCUT2D eigenvalue weighted by molar-refractivity contribution is 0.306. The third-order valence-corrected chi connectivity index (χ3v) is 5.73. The zero-order chi connectivity index (χ0) is 22.9. The summed E-state index contributed by atoms with van der Waals surface area (Å²) in [5, 5.41) is 8.76. The number of hydrogen-bond donors (Lipinski definition) is 1. The van der Waals surface area contributed by atoms with Crippen LogP contribution in [0.15, 0.2) is 64.2 Å². The highest BCUT2D eigenvalue weighted by Crippen LogP contribution is 2.26. The van der Waals surface area contributed by atoms with E-state index in [0.717, 1.165) is 29.7 Å². The summed E-state index contributed by atoms with van der Waals surface area (Å²) in [6, 6.07) is 17.5. The minimum atomic E-state index is -0.480. The van der Waals surface area contributed by atoms with Crippen LogP contribution in [0.4, 0.5) is 0 Å². The highest BCUT2D eigenvalue weighted by atomic mass is 16.5. The van der Waals surface area contributed by atoms with E-state index in [2.05, 4.69) is 22.1 Å². The van der Waals surface area contributed by atoms with Gasteiger partial charge in [-0.1, -0.05) is 43.7 Å². The number of rotatable bonds is 7. The smallest absolute Gasteiger partial charge is 0.329 e. The summed E-state index contributed by atoms with van der Waals surface area (Å²) in [6.45, 7) is 3.17. The third kappa shape index (κ3) is 3.61. The molecule has 3 heterocycles. The van der Waals surface area contributed by atoms with Gasteiger partial charge in [-0.3, -0.25) is 14.3 Å². The fourth-order valence-electron chi connectivity index (χ4n) is 4.00. The second kappa shape index (κ2) is 8.42. The molecule has 0 spiro atoms. The molecule has 0 unspecified atom stereocenters. The van der Waals surface area contributed by atoms with Crippen LogP contribution in [-0.4, -0.2) is 28.7 Å². The Morgan fingerprint density at radius 1 is 1.00 bits per heavy atom. The minimum absolute atomic E-state index is 0.416. The molecular weight excluding hydrogens is 420 g/mol. The molecule has 0 aliphatic rings. The van der Waals surface area contributed by atoms with Crippen molar-refractivity contribution in [2.45, 2.75) is 32.9 Å². The average Bonchev–Trinajstić information content (AvgIpc) is 3.40. The first-order valence-electron chi connectivity index (χ1n) is 10.9. The molecule has 5 aromatic rings. The van der Waals surface area contributed by atoms with Gasteiger partial charge in [0, 0.05) is 19.2 Å². The van der Waals surface area contributed by atoms with E-state index in [9.17, 15) is 9.59 Å². The van der Waals surface area contributed by atoms with Crippen LogP contribution in [0.1, 0.15) is 25.3 Å². The van der Waals surface area contributed by atoms with Crippen molar-refractivity contribution in [3.8, 4) is 17.1 Å². The second-order valence-electron chi connectivity index (χ2n) is 7.95. The lowest BCUT2D eigenvalue weighted by atomic mass is 10.2. The SMILES string of the molecule is CCCCn1c2c(=O)[nH]c(=O)n(C)c2n2c(-c3ccc(OCc4ccccc4)cc3)nnc12. The van der Waals surface area contributed by atoms with Gasteiger partial charge in [-0.05, 0) is 36.2 Å². The molecule has 168 valence electrons.